The van der Waals surface area contributed by atoms with Crippen LogP contribution in [0, 0.1) is 0 Å². The highest BCUT2D eigenvalue weighted by Gasteiger charge is 2.33. The van der Waals surface area contributed by atoms with E-state index >= 15 is 0 Å². The number of anilines is 1. The lowest BCUT2D eigenvalue weighted by molar-refractivity contribution is -0.000143. The minimum Gasteiger partial charge on any atom is -0.385 e. The van der Waals surface area contributed by atoms with Crippen LogP contribution in [0.1, 0.15) is 37.7 Å². The van der Waals surface area contributed by atoms with Gasteiger partial charge in [0.25, 0.3) is 0 Å². The Balaban J connectivity index is 2.38. The molecule has 2 nitrogen and oxygen atoms in total. The van der Waals surface area contributed by atoms with E-state index in [1.54, 1.807) is 0 Å². The molecule has 0 spiro atoms. The van der Waals surface area contributed by atoms with E-state index in [0.29, 0.717) is 0 Å². The molecule has 0 aliphatic heterocycles. The van der Waals surface area contributed by atoms with Gasteiger partial charge in [-0.25, -0.2) is 0 Å². The first-order chi connectivity index (χ1) is 7.63. The first-order valence-corrected chi connectivity index (χ1v) is 6.13. The molecule has 0 unspecified atom stereocenters. The van der Waals surface area contributed by atoms with Gasteiger partial charge >= 0.3 is 0 Å². The predicted molar refractivity (Wildman–Crippen MR) is 67.8 cm³/mol. The van der Waals surface area contributed by atoms with E-state index in [9.17, 15) is 5.11 Å². The van der Waals surface area contributed by atoms with Crippen LogP contribution in [0.2, 0.25) is 0 Å². The first kappa shape index (κ1) is 11.5. The van der Waals surface area contributed by atoms with Gasteiger partial charge in [-0.15, -0.1) is 0 Å². The maximum absolute atomic E-state index is 10.7. The van der Waals surface area contributed by atoms with Crippen molar-refractivity contribution in [2.75, 3.05) is 19.0 Å². The summed E-state index contributed by atoms with van der Waals surface area (Å²) in [4.78, 5) is 2.09. The SMILES string of the molecule is CN(C)c1ccccc1C1(O)CCCCC1. The fourth-order valence-corrected chi connectivity index (χ4v) is 2.66. The Kier molecular flexibility index (Phi) is 3.20. The molecule has 88 valence electrons. The average Bonchev–Trinajstić information content (AvgIpc) is 2.30. The van der Waals surface area contributed by atoms with E-state index in [4.69, 9.17) is 0 Å². The molecule has 1 aromatic carbocycles. The summed E-state index contributed by atoms with van der Waals surface area (Å²) in [6.45, 7) is 0. The highest BCUT2D eigenvalue weighted by Crippen LogP contribution is 2.40. The highest BCUT2D eigenvalue weighted by atomic mass is 16.3. The molecular weight excluding hydrogens is 198 g/mol. The molecule has 0 aromatic heterocycles. The number of para-hydroxylation sites is 1. The van der Waals surface area contributed by atoms with Crippen molar-refractivity contribution in [3.05, 3.63) is 29.8 Å². The van der Waals surface area contributed by atoms with Gasteiger partial charge in [0.05, 0.1) is 5.60 Å². The molecule has 0 atom stereocenters. The predicted octanol–water partition coefficient (Wildman–Crippen LogP) is 2.90. The van der Waals surface area contributed by atoms with Gasteiger partial charge in [-0.2, -0.15) is 0 Å². The van der Waals surface area contributed by atoms with E-state index in [-0.39, 0.29) is 0 Å². The average molecular weight is 219 g/mol. The van der Waals surface area contributed by atoms with Gasteiger partial charge in [0.2, 0.25) is 0 Å². The van der Waals surface area contributed by atoms with Crippen molar-refractivity contribution in [2.45, 2.75) is 37.7 Å². The summed E-state index contributed by atoms with van der Waals surface area (Å²) < 4.78 is 0. The van der Waals surface area contributed by atoms with Crippen LogP contribution in [0.4, 0.5) is 5.69 Å². The third-order valence-corrected chi connectivity index (χ3v) is 3.57. The summed E-state index contributed by atoms with van der Waals surface area (Å²) in [7, 11) is 4.07. The van der Waals surface area contributed by atoms with Gasteiger partial charge in [0, 0.05) is 25.3 Å². The normalized spacial score (nSPS) is 19.4. The van der Waals surface area contributed by atoms with Crippen LogP contribution in [0.3, 0.4) is 0 Å². The topological polar surface area (TPSA) is 23.5 Å². The van der Waals surface area contributed by atoms with Crippen molar-refractivity contribution in [3.8, 4) is 0 Å². The number of nitrogens with zero attached hydrogens (tertiary/aromatic N) is 1. The molecule has 1 N–H and O–H groups in total. The van der Waals surface area contributed by atoms with Crippen LogP contribution in [0.25, 0.3) is 0 Å². The Labute approximate surface area is 97.9 Å². The molecule has 2 heteroatoms. The van der Waals surface area contributed by atoms with E-state index in [1.165, 1.54) is 6.42 Å². The standard InChI is InChI=1S/C14H21NO/c1-15(2)13-9-5-4-8-12(13)14(16)10-6-3-7-11-14/h4-5,8-9,16H,3,6-7,10-11H2,1-2H3. The Morgan fingerprint density at radius 3 is 2.31 bits per heavy atom. The van der Waals surface area contributed by atoms with Crippen molar-refractivity contribution >= 4 is 5.69 Å². The van der Waals surface area contributed by atoms with E-state index in [0.717, 1.165) is 36.9 Å². The molecule has 0 amide bonds. The largest absolute Gasteiger partial charge is 0.385 e. The van der Waals surface area contributed by atoms with Gasteiger partial charge in [-0.05, 0) is 18.9 Å². The van der Waals surface area contributed by atoms with Crippen molar-refractivity contribution in [3.63, 3.8) is 0 Å². The second-order valence-corrected chi connectivity index (χ2v) is 5.00. The van der Waals surface area contributed by atoms with Gasteiger partial charge < -0.3 is 10.0 Å². The van der Waals surface area contributed by atoms with Gasteiger partial charge in [-0.3, -0.25) is 0 Å². The Hall–Kier alpha value is -1.02. The first-order valence-electron chi connectivity index (χ1n) is 6.13. The van der Waals surface area contributed by atoms with Crippen molar-refractivity contribution < 1.29 is 5.11 Å². The van der Waals surface area contributed by atoms with Gasteiger partial charge in [0.15, 0.2) is 0 Å². The number of benzene rings is 1. The van der Waals surface area contributed by atoms with Gasteiger partial charge in [0.1, 0.15) is 0 Å². The van der Waals surface area contributed by atoms with Crippen LogP contribution in [0.15, 0.2) is 24.3 Å². The zero-order valence-corrected chi connectivity index (χ0v) is 10.2. The molecular formula is C14H21NO. The third-order valence-electron chi connectivity index (χ3n) is 3.57. The molecule has 0 heterocycles. The molecule has 2 rings (SSSR count). The lowest BCUT2D eigenvalue weighted by Crippen LogP contribution is -2.30. The number of hydrogen-bond acceptors (Lipinski definition) is 2. The third kappa shape index (κ3) is 2.07. The lowest BCUT2D eigenvalue weighted by atomic mass is 9.79. The minimum absolute atomic E-state index is 0.598. The van der Waals surface area contributed by atoms with E-state index in [2.05, 4.69) is 17.0 Å². The monoisotopic (exact) mass is 219 g/mol. The van der Waals surface area contributed by atoms with Crippen LogP contribution in [-0.4, -0.2) is 19.2 Å². The van der Waals surface area contributed by atoms with Crippen LogP contribution in [-0.2, 0) is 5.60 Å². The van der Waals surface area contributed by atoms with Crippen molar-refractivity contribution in [1.29, 1.82) is 0 Å². The van der Waals surface area contributed by atoms with Crippen molar-refractivity contribution in [2.24, 2.45) is 0 Å². The minimum atomic E-state index is -0.598. The Morgan fingerprint density at radius 2 is 1.69 bits per heavy atom. The number of aliphatic hydroxyl groups is 1. The molecule has 1 aliphatic rings. The summed E-state index contributed by atoms with van der Waals surface area (Å²) in [5.41, 5.74) is 1.64. The van der Waals surface area contributed by atoms with Crippen LogP contribution >= 0.6 is 0 Å². The number of hydrogen-bond donors (Lipinski definition) is 1. The second kappa shape index (κ2) is 4.46. The molecule has 1 saturated carbocycles. The maximum Gasteiger partial charge on any atom is 0.0916 e. The second-order valence-electron chi connectivity index (χ2n) is 5.00. The summed E-state index contributed by atoms with van der Waals surface area (Å²) in [6, 6.07) is 8.21. The smallest absolute Gasteiger partial charge is 0.0916 e. The molecule has 0 radical (unpaired) electrons. The fraction of sp³-hybridized carbons (Fsp3) is 0.571. The molecule has 1 fully saturated rings. The Morgan fingerprint density at radius 1 is 1.06 bits per heavy atom. The molecule has 1 aromatic rings. The molecule has 0 saturated heterocycles. The maximum atomic E-state index is 10.7. The summed E-state index contributed by atoms with van der Waals surface area (Å²) >= 11 is 0. The summed E-state index contributed by atoms with van der Waals surface area (Å²) in [5.74, 6) is 0. The lowest BCUT2D eigenvalue weighted by Gasteiger charge is -2.35. The summed E-state index contributed by atoms with van der Waals surface area (Å²) in [5, 5.41) is 10.7. The summed E-state index contributed by atoms with van der Waals surface area (Å²) in [6.07, 6.45) is 5.33. The van der Waals surface area contributed by atoms with E-state index < -0.39 is 5.60 Å². The van der Waals surface area contributed by atoms with Gasteiger partial charge in [-0.1, -0.05) is 37.5 Å². The van der Waals surface area contributed by atoms with Crippen molar-refractivity contribution in [1.82, 2.24) is 0 Å². The number of rotatable bonds is 2. The highest BCUT2D eigenvalue weighted by molar-refractivity contribution is 5.55. The Bertz CT molecular complexity index is 354. The van der Waals surface area contributed by atoms with Crippen LogP contribution in [0.5, 0.6) is 0 Å². The van der Waals surface area contributed by atoms with E-state index in [1.807, 2.05) is 26.2 Å². The molecule has 1 aliphatic carbocycles. The zero-order chi connectivity index (χ0) is 11.6. The molecule has 0 bridgehead atoms. The fourth-order valence-electron chi connectivity index (χ4n) is 2.66. The molecule has 16 heavy (non-hydrogen) atoms. The van der Waals surface area contributed by atoms with Crippen LogP contribution < -0.4 is 4.90 Å². The quantitative estimate of drug-likeness (QED) is 0.826. The zero-order valence-electron chi connectivity index (χ0n) is 10.2.